The van der Waals surface area contributed by atoms with E-state index < -0.39 is 0 Å². The number of nitrogens with zero attached hydrogens (tertiary/aromatic N) is 2. The summed E-state index contributed by atoms with van der Waals surface area (Å²) >= 11 is 0. The van der Waals surface area contributed by atoms with Gasteiger partial charge in [-0.15, -0.1) is 0 Å². The van der Waals surface area contributed by atoms with Crippen LogP contribution in [0.15, 0.2) is 36.5 Å². The first kappa shape index (κ1) is 15.1. The first-order valence-electron chi connectivity index (χ1n) is 9.18. The second-order valence-corrected chi connectivity index (χ2v) is 7.16. The number of pyridine rings is 1. The van der Waals surface area contributed by atoms with Crippen LogP contribution in [-0.2, 0) is 6.54 Å². The Morgan fingerprint density at radius 3 is 2.87 bits per heavy atom. The highest BCUT2D eigenvalue weighted by molar-refractivity contribution is 5.78. The molecule has 23 heavy (non-hydrogen) atoms. The quantitative estimate of drug-likeness (QED) is 0.939. The van der Waals surface area contributed by atoms with E-state index in [4.69, 9.17) is 0 Å². The second-order valence-electron chi connectivity index (χ2n) is 7.16. The van der Waals surface area contributed by atoms with Gasteiger partial charge in [0.1, 0.15) is 0 Å². The van der Waals surface area contributed by atoms with Crippen LogP contribution >= 0.6 is 0 Å². The molecular formula is C20H27N3. The molecule has 2 fully saturated rings. The maximum atomic E-state index is 4.65. The van der Waals surface area contributed by atoms with Crippen LogP contribution in [0.25, 0.3) is 10.9 Å². The maximum absolute atomic E-state index is 4.65. The number of piperidine rings is 2. The fourth-order valence-corrected chi connectivity index (χ4v) is 4.41. The maximum Gasteiger partial charge on any atom is 0.0702 e. The average Bonchev–Trinajstić information content (AvgIpc) is 2.63. The van der Waals surface area contributed by atoms with E-state index in [1.165, 1.54) is 62.7 Å². The number of rotatable bonds is 3. The first-order chi connectivity index (χ1) is 11.4. The van der Waals surface area contributed by atoms with Crippen LogP contribution < -0.4 is 5.32 Å². The van der Waals surface area contributed by atoms with Crippen molar-refractivity contribution in [3.63, 3.8) is 0 Å². The normalized spacial score (nSPS) is 24.1. The Balaban J connectivity index is 1.52. The third kappa shape index (κ3) is 3.41. The highest BCUT2D eigenvalue weighted by Gasteiger charge is 2.30. The van der Waals surface area contributed by atoms with Crippen molar-refractivity contribution in [1.82, 2.24) is 15.2 Å². The van der Waals surface area contributed by atoms with Crippen molar-refractivity contribution in [3.8, 4) is 0 Å². The van der Waals surface area contributed by atoms with E-state index in [1.54, 1.807) is 0 Å². The smallest absolute Gasteiger partial charge is 0.0702 e. The van der Waals surface area contributed by atoms with Gasteiger partial charge < -0.3 is 5.32 Å². The Hall–Kier alpha value is -1.45. The largest absolute Gasteiger partial charge is 0.317 e. The summed E-state index contributed by atoms with van der Waals surface area (Å²) in [7, 11) is 0. The predicted molar refractivity (Wildman–Crippen MR) is 95.4 cm³/mol. The van der Waals surface area contributed by atoms with Crippen LogP contribution in [0.2, 0.25) is 0 Å². The molecule has 1 unspecified atom stereocenters. The fraction of sp³-hybridized carbons (Fsp3) is 0.550. The molecule has 1 aromatic heterocycles. The first-order valence-corrected chi connectivity index (χ1v) is 9.18. The lowest BCUT2D eigenvalue weighted by Gasteiger charge is -2.42. The van der Waals surface area contributed by atoms with Crippen LogP contribution in [0.4, 0.5) is 0 Å². The molecule has 4 rings (SSSR count). The van der Waals surface area contributed by atoms with Crippen molar-refractivity contribution in [1.29, 1.82) is 0 Å². The van der Waals surface area contributed by atoms with E-state index in [2.05, 4.69) is 51.7 Å². The monoisotopic (exact) mass is 309 g/mol. The van der Waals surface area contributed by atoms with E-state index in [0.717, 1.165) is 24.0 Å². The van der Waals surface area contributed by atoms with Crippen LogP contribution in [0.3, 0.4) is 0 Å². The molecule has 3 nitrogen and oxygen atoms in total. The van der Waals surface area contributed by atoms with Crippen LogP contribution in [0.5, 0.6) is 0 Å². The summed E-state index contributed by atoms with van der Waals surface area (Å²) < 4.78 is 0. The van der Waals surface area contributed by atoms with Gasteiger partial charge in [0.2, 0.25) is 0 Å². The molecule has 2 aliphatic heterocycles. The number of hydrogen-bond acceptors (Lipinski definition) is 3. The van der Waals surface area contributed by atoms with Crippen LogP contribution in [0.1, 0.15) is 37.7 Å². The number of para-hydroxylation sites is 1. The predicted octanol–water partition coefficient (Wildman–Crippen LogP) is 3.59. The van der Waals surface area contributed by atoms with E-state index >= 15 is 0 Å². The molecule has 0 aliphatic carbocycles. The second kappa shape index (κ2) is 6.98. The van der Waals surface area contributed by atoms with Gasteiger partial charge in [-0.3, -0.25) is 9.88 Å². The van der Waals surface area contributed by atoms with Gasteiger partial charge in [-0.1, -0.05) is 24.6 Å². The van der Waals surface area contributed by atoms with Crippen LogP contribution in [0, 0.1) is 5.92 Å². The third-order valence-electron chi connectivity index (χ3n) is 5.62. The number of nitrogens with one attached hydrogen (secondary N) is 1. The Morgan fingerprint density at radius 1 is 1.09 bits per heavy atom. The highest BCUT2D eigenvalue weighted by atomic mass is 15.2. The zero-order valence-corrected chi connectivity index (χ0v) is 13.9. The van der Waals surface area contributed by atoms with Gasteiger partial charge in [0.25, 0.3) is 0 Å². The van der Waals surface area contributed by atoms with Crippen molar-refractivity contribution in [2.75, 3.05) is 19.6 Å². The zero-order chi connectivity index (χ0) is 15.5. The lowest BCUT2D eigenvalue weighted by atomic mass is 9.84. The van der Waals surface area contributed by atoms with Crippen molar-refractivity contribution in [2.45, 2.75) is 44.7 Å². The van der Waals surface area contributed by atoms with Gasteiger partial charge in [0.15, 0.2) is 0 Å². The molecule has 1 N–H and O–H groups in total. The van der Waals surface area contributed by atoms with Crippen LogP contribution in [-0.4, -0.2) is 35.6 Å². The van der Waals surface area contributed by atoms with Crippen molar-refractivity contribution in [3.05, 3.63) is 42.1 Å². The van der Waals surface area contributed by atoms with E-state index in [0.29, 0.717) is 0 Å². The molecule has 2 saturated heterocycles. The number of benzene rings is 1. The minimum Gasteiger partial charge on any atom is -0.317 e. The Kier molecular flexibility index (Phi) is 4.58. The number of fused-ring (bicyclic) bond motifs is 1. The summed E-state index contributed by atoms with van der Waals surface area (Å²) in [6, 6.07) is 11.5. The van der Waals surface area contributed by atoms with Gasteiger partial charge in [0.05, 0.1) is 5.52 Å². The molecule has 2 aromatic rings. The Bertz CT molecular complexity index is 648. The van der Waals surface area contributed by atoms with E-state index in [1.807, 2.05) is 0 Å². The number of aromatic nitrogens is 1. The molecule has 122 valence electrons. The topological polar surface area (TPSA) is 28.2 Å². The minimum absolute atomic E-state index is 0.775. The molecule has 3 heterocycles. The number of hydrogen-bond donors (Lipinski definition) is 1. The average molecular weight is 309 g/mol. The van der Waals surface area contributed by atoms with Crippen molar-refractivity contribution in [2.24, 2.45) is 5.92 Å². The standard InChI is InChI=1S/C20H27N3/c1-2-6-19-18(5-1)13-16(14-22-19)15-23-12-4-3-7-20(23)17-8-10-21-11-9-17/h1-2,5-6,13-14,17,20-21H,3-4,7-12,15H2. The molecule has 0 amide bonds. The van der Waals surface area contributed by atoms with Crippen molar-refractivity contribution < 1.29 is 0 Å². The summed E-state index contributed by atoms with van der Waals surface area (Å²) in [6.45, 7) is 4.72. The van der Waals surface area contributed by atoms with Gasteiger partial charge in [-0.25, -0.2) is 0 Å². The SMILES string of the molecule is c1ccc2ncc(CN3CCCCC3C3CCNCC3)cc2c1. The summed E-state index contributed by atoms with van der Waals surface area (Å²) in [5, 5.41) is 4.77. The Morgan fingerprint density at radius 2 is 1.96 bits per heavy atom. The fourth-order valence-electron chi connectivity index (χ4n) is 4.41. The molecule has 0 bridgehead atoms. The molecular weight excluding hydrogens is 282 g/mol. The molecule has 0 spiro atoms. The molecule has 3 heteroatoms. The Labute approximate surface area is 139 Å². The minimum atomic E-state index is 0.775. The summed E-state index contributed by atoms with van der Waals surface area (Å²) in [6.07, 6.45) is 8.90. The molecule has 1 aromatic carbocycles. The lowest BCUT2D eigenvalue weighted by molar-refractivity contribution is 0.0777. The molecule has 0 radical (unpaired) electrons. The van der Waals surface area contributed by atoms with E-state index in [9.17, 15) is 0 Å². The summed E-state index contributed by atoms with van der Waals surface area (Å²) in [5.41, 5.74) is 2.47. The molecule has 0 saturated carbocycles. The molecule has 1 atom stereocenters. The van der Waals surface area contributed by atoms with Gasteiger partial charge in [0, 0.05) is 24.2 Å². The number of likely N-dealkylation sites (tertiary alicyclic amines) is 1. The lowest BCUT2D eigenvalue weighted by Crippen LogP contribution is -2.46. The van der Waals surface area contributed by atoms with Gasteiger partial charge in [-0.05, 0) is 68.9 Å². The van der Waals surface area contributed by atoms with Gasteiger partial charge in [-0.2, -0.15) is 0 Å². The van der Waals surface area contributed by atoms with Gasteiger partial charge >= 0.3 is 0 Å². The van der Waals surface area contributed by atoms with Crippen molar-refractivity contribution >= 4 is 10.9 Å². The third-order valence-corrected chi connectivity index (χ3v) is 5.62. The highest BCUT2D eigenvalue weighted by Crippen LogP contribution is 2.30. The summed E-state index contributed by atoms with van der Waals surface area (Å²) in [4.78, 5) is 7.39. The van der Waals surface area contributed by atoms with E-state index in [-0.39, 0.29) is 0 Å². The molecule has 2 aliphatic rings. The summed E-state index contributed by atoms with van der Waals surface area (Å²) in [5.74, 6) is 0.880. The zero-order valence-electron chi connectivity index (χ0n) is 13.9.